The Hall–Kier alpha value is -0.940. The highest BCUT2D eigenvalue weighted by Gasteiger charge is 2.24. The van der Waals surface area contributed by atoms with E-state index in [2.05, 4.69) is 31.1 Å². The van der Waals surface area contributed by atoms with Gasteiger partial charge < -0.3 is 5.73 Å². The van der Waals surface area contributed by atoms with Crippen molar-refractivity contribution >= 4 is 17.2 Å². The van der Waals surface area contributed by atoms with E-state index in [1.165, 1.54) is 0 Å². The van der Waals surface area contributed by atoms with Gasteiger partial charge in [-0.3, -0.25) is 10.1 Å². The Balaban J connectivity index is 2.66. The molecule has 1 amide bonds. The second-order valence-corrected chi connectivity index (χ2v) is 6.84. The van der Waals surface area contributed by atoms with Gasteiger partial charge in [-0.15, -0.1) is 11.3 Å². The van der Waals surface area contributed by atoms with Crippen molar-refractivity contribution in [2.24, 2.45) is 5.73 Å². The fraction of sp³-hybridized carbons (Fsp3) is 0.667. The average molecular weight is 255 g/mol. The van der Waals surface area contributed by atoms with Crippen LogP contribution < -0.4 is 11.1 Å². The Kier molecular flexibility index (Phi) is 3.94. The molecule has 0 atom stereocenters. The number of amides is 1. The summed E-state index contributed by atoms with van der Waals surface area (Å²) in [5.74, 6) is -0.349. The van der Waals surface area contributed by atoms with E-state index >= 15 is 0 Å². The summed E-state index contributed by atoms with van der Waals surface area (Å²) in [4.78, 5) is 16.7. The van der Waals surface area contributed by atoms with E-state index in [4.69, 9.17) is 5.73 Å². The molecule has 3 N–H and O–H groups in total. The topological polar surface area (TPSA) is 68.0 Å². The predicted octanol–water partition coefficient (Wildman–Crippen LogP) is 1.79. The highest BCUT2D eigenvalue weighted by Crippen LogP contribution is 2.26. The first-order chi connectivity index (χ1) is 7.63. The van der Waals surface area contributed by atoms with Gasteiger partial charge in [0.25, 0.3) is 0 Å². The van der Waals surface area contributed by atoms with Crippen molar-refractivity contribution in [3.8, 4) is 0 Å². The Morgan fingerprint density at radius 1 is 1.41 bits per heavy atom. The first-order valence-electron chi connectivity index (χ1n) is 5.63. The molecule has 0 bridgehead atoms. The van der Waals surface area contributed by atoms with Crippen LogP contribution in [0.3, 0.4) is 0 Å². The second-order valence-electron chi connectivity index (χ2n) is 5.72. The van der Waals surface area contributed by atoms with Crippen molar-refractivity contribution in [2.75, 3.05) is 0 Å². The van der Waals surface area contributed by atoms with Crippen LogP contribution >= 0.6 is 11.3 Å². The number of hydrogen-bond acceptors (Lipinski definition) is 4. The molecule has 0 aromatic carbocycles. The van der Waals surface area contributed by atoms with Gasteiger partial charge in [-0.2, -0.15) is 0 Å². The van der Waals surface area contributed by atoms with Crippen molar-refractivity contribution in [1.29, 1.82) is 0 Å². The Bertz CT molecular complexity index is 404. The molecule has 0 unspecified atom stereocenters. The Morgan fingerprint density at radius 3 is 2.41 bits per heavy atom. The van der Waals surface area contributed by atoms with Crippen LogP contribution in [0, 0.1) is 0 Å². The molecule has 0 saturated heterocycles. The number of nitrogens with two attached hydrogens (primary N) is 1. The van der Waals surface area contributed by atoms with E-state index in [0.717, 1.165) is 9.88 Å². The zero-order valence-electron chi connectivity index (χ0n) is 11.1. The highest BCUT2D eigenvalue weighted by molar-refractivity contribution is 7.11. The number of aromatic nitrogens is 1. The number of hydrogen-bond donors (Lipinski definition) is 2. The van der Waals surface area contributed by atoms with Gasteiger partial charge in [0, 0.05) is 23.0 Å². The third-order valence-corrected chi connectivity index (χ3v) is 3.94. The van der Waals surface area contributed by atoms with Crippen LogP contribution in [0.25, 0.3) is 0 Å². The number of rotatable bonds is 4. The second kappa shape index (κ2) is 4.74. The summed E-state index contributed by atoms with van der Waals surface area (Å²) in [5.41, 5.74) is 4.68. The van der Waals surface area contributed by atoms with Crippen LogP contribution in [0.1, 0.15) is 44.5 Å². The summed E-state index contributed by atoms with van der Waals surface area (Å²) < 4.78 is 0. The number of primary amides is 1. The minimum atomic E-state index is -0.689. The molecule has 0 aliphatic rings. The summed E-state index contributed by atoms with van der Waals surface area (Å²) in [7, 11) is 0. The van der Waals surface area contributed by atoms with Gasteiger partial charge >= 0.3 is 0 Å². The minimum absolute atomic E-state index is 0.0715. The van der Waals surface area contributed by atoms with Crippen molar-refractivity contribution in [2.45, 2.75) is 52.1 Å². The molecule has 0 spiro atoms. The SMILES string of the molecule is CC(C)(NCc1cnc(C(C)(C)C)s1)C(N)=O. The molecule has 0 fully saturated rings. The maximum atomic E-state index is 11.2. The van der Waals surface area contributed by atoms with Gasteiger partial charge in [0.15, 0.2) is 0 Å². The van der Waals surface area contributed by atoms with E-state index in [0.29, 0.717) is 6.54 Å². The monoisotopic (exact) mass is 255 g/mol. The van der Waals surface area contributed by atoms with E-state index in [1.54, 1.807) is 25.2 Å². The molecule has 1 heterocycles. The number of nitrogens with one attached hydrogen (secondary N) is 1. The average Bonchev–Trinajstić information content (AvgIpc) is 2.62. The normalized spacial score (nSPS) is 12.8. The minimum Gasteiger partial charge on any atom is -0.368 e. The quantitative estimate of drug-likeness (QED) is 0.862. The first kappa shape index (κ1) is 14.1. The van der Waals surface area contributed by atoms with Crippen LogP contribution in [0.2, 0.25) is 0 Å². The molecule has 96 valence electrons. The van der Waals surface area contributed by atoms with Crippen molar-refractivity contribution in [3.63, 3.8) is 0 Å². The fourth-order valence-electron chi connectivity index (χ4n) is 1.13. The number of nitrogens with zero attached hydrogens (tertiary/aromatic N) is 1. The summed E-state index contributed by atoms with van der Waals surface area (Å²) in [6.45, 7) is 10.6. The molecular weight excluding hydrogens is 234 g/mol. The van der Waals surface area contributed by atoms with E-state index in [9.17, 15) is 4.79 Å². The summed E-state index contributed by atoms with van der Waals surface area (Å²) in [6, 6.07) is 0. The van der Waals surface area contributed by atoms with Crippen LogP contribution in [0.4, 0.5) is 0 Å². The van der Waals surface area contributed by atoms with Gasteiger partial charge in [-0.1, -0.05) is 20.8 Å². The number of carbonyl (C=O) groups excluding carboxylic acids is 1. The number of carbonyl (C=O) groups is 1. The smallest absolute Gasteiger partial charge is 0.237 e. The fourth-order valence-corrected chi connectivity index (χ4v) is 2.04. The summed E-state index contributed by atoms with van der Waals surface area (Å²) in [5, 5.41) is 4.24. The molecule has 1 aromatic heterocycles. The van der Waals surface area contributed by atoms with Crippen LogP contribution in [-0.4, -0.2) is 16.4 Å². The Morgan fingerprint density at radius 2 is 2.00 bits per heavy atom. The largest absolute Gasteiger partial charge is 0.368 e. The van der Waals surface area contributed by atoms with Gasteiger partial charge in [0.05, 0.1) is 10.5 Å². The van der Waals surface area contributed by atoms with Crippen molar-refractivity contribution in [3.05, 3.63) is 16.1 Å². The molecule has 0 saturated carbocycles. The third-order valence-electron chi connectivity index (χ3n) is 2.52. The zero-order valence-corrected chi connectivity index (χ0v) is 11.9. The summed E-state index contributed by atoms with van der Waals surface area (Å²) in [6.07, 6.45) is 1.86. The maximum absolute atomic E-state index is 11.2. The van der Waals surface area contributed by atoms with Crippen molar-refractivity contribution in [1.82, 2.24) is 10.3 Å². The van der Waals surface area contributed by atoms with Gasteiger partial charge in [0.1, 0.15) is 0 Å². The molecule has 0 radical (unpaired) electrons. The van der Waals surface area contributed by atoms with Gasteiger partial charge in [-0.05, 0) is 13.8 Å². The summed E-state index contributed by atoms with van der Waals surface area (Å²) >= 11 is 1.67. The molecule has 17 heavy (non-hydrogen) atoms. The Labute approximate surface area is 107 Å². The van der Waals surface area contributed by atoms with Crippen LogP contribution in [0.5, 0.6) is 0 Å². The van der Waals surface area contributed by atoms with Crippen LogP contribution in [-0.2, 0) is 16.8 Å². The lowest BCUT2D eigenvalue weighted by atomic mass is 9.98. The highest BCUT2D eigenvalue weighted by atomic mass is 32.1. The van der Waals surface area contributed by atoms with E-state index in [-0.39, 0.29) is 11.3 Å². The lowest BCUT2D eigenvalue weighted by molar-refractivity contribution is -0.123. The lowest BCUT2D eigenvalue weighted by Crippen LogP contribution is -2.50. The molecule has 1 aromatic rings. The number of thiazole rings is 1. The van der Waals surface area contributed by atoms with Gasteiger partial charge in [0.2, 0.25) is 5.91 Å². The van der Waals surface area contributed by atoms with Gasteiger partial charge in [-0.25, -0.2) is 4.98 Å². The molecule has 4 nitrogen and oxygen atoms in total. The molecule has 5 heteroatoms. The van der Waals surface area contributed by atoms with Crippen LogP contribution in [0.15, 0.2) is 6.20 Å². The van der Waals surface area contributed by atoms with E-state index < -0.39 is 5.54 Å². The predicted molar refractivity (Wildman–Crippen MR) is 70.9 cm³/mol. The third kappa shape index (κ3) is 3.78. The van der Waals surface area contributed by atoms with Crippen molar-refractivity contribution < 1.29 is 4.79 Å². The lowest BCUT2D eigenvalue weighted by Gasteiger charge is -2.21. The molecule has 1 rings (SSSR count). The zero-order chi connectivity index (χ0) is 13.3. The molecular formula is C12H21N3OS. The molecule has 0 aliphatic heterocycles. The molecule has 0 aliphatic carbocycles. The standard InChI is InChI=1S/C12H21N3OS/c1-11(2,3)10-14-6-8(17-10)7-15-12(4,5)9(13)16/h6,15H,7H2,1-5H3,(H2,13,16). The van der Waals surface area contributed by atoms with E-state index in [1.807, 2.05) is 6.20 Å². The maximum Gasteiger partial charge on any atom is 0.237 e. The first-order valence-corrected chi connectivity index (χ1v) is 6.45.